The van der Waals surface area contributed by atoms with Crippen molar-refractivity contribution in [3.63, 3.8) is 0 Å². The first-order chi connectivity index (χ1) is 10.00. The predicted molar refractivity (Wildman–Crippen MR) is 88.2 cm³/mol. The number of nitrogens with zero attached hydrogens (tertiary/aromatic N) is 2. The SMILES string of the molecule is COCC1(C(=O)NCc2c(C)nn(C)c2C)CCNCC1.Cl. The van der Waals surface area contributed by atoms with Gasteiger partial charge in [-0.1, -0.05) is 0 Å². The maximum absolute atomic E-state index is 12.7. The maximum Gasteiger partial charge on any atom is 0.228 e. The van der Waals surface area contributed by atoms with Gasteiger partial charge in [0.1, 0.15) is 0 Å². The van der Waals surface area contributed by atoms with Crippen molar-refractivity contribution < 1.29 is 9.53 Å². The second kappa shape index (κ2) is 7.94. The summed E-state index contributed by atoms with van der Waals surface area (Å²) in [7, 11) is 3.58. The highest BCUT2D eigenvalue weighted by atomic mass is 35.5. The molecule has 0 aromatic carbocycles. The van der Waals surface area contributed by atoms with E-state index in [0.29, 0.717) is 13.2 Å². The first-order valence-corrected chi connectivity index (χ1v) is 7.47. The van der Waals surface area contributed by atoms with Gasteiger partial charge in [0.25, 0.3) is 0 Å². The Kier molecular flexibility index (Phi) is 6.84. The zero-order chi connectivity index (χ0) is 15.5. The van der Waals surface area contributed by atoms with Crippen LogP contribution in [0.3, 0.4) is 0 Å². The molecule has 126 valence electrons. The summed E-state index contributed by atoms with van der Waals surface area (Å²) in [4.78, 5) is 12.7. The zero-order valence-electron chi connectivity index (χ0n) is 13.9. The van der Waals surface area contributed by atoms with E-state index in [9.17, 15) is 4.79 Å². The smallest absolute Gasteiger partial charge is 0.228 e. The summed E-state index contributed by atoms with van der Waals surface area (Å²) >= 11 is 0. The number of amides is 1. The minimum atomic E-state index is -0.399. The molecule has 1 amide bonds. The van der Waals surface area contributed by atoms with Crippen LogP contribution in [0.25, 0.3) is 0 Å². The molecule has 6 nitrogen and oxygen atoms in total. The zero-order valence-corrected chi connectivity index (χ0v) is 14.7. The van der Waals surface area contributed by atoms with Crippen molar-refractivity contribution in [1.29, 1.82) is 0 Å². The number of carbonyl (C=O) groups excluding carboxylic acids is 1. The molecule has 1 aliphatic heterocycles. The standard InChI is InChI=1S/C15H26N4O2.ClH/c1-11-13(12(2)19(3)18-11)9-17-14(20)15(10-21-4)5-7-16-8-6-15;/h16H,5-10H2,1-4H3,(H,17,20);1H. The van der Waals surface area contributed by atoms with Crippen LogP contribution in [0.1, 0.15) is 29.8 Å². The normalized spacial score (nSPS) is 16.9. The number of aromatic nitrogens is 2. The van der Waals surface area contributed by atoms with Crippen LogP contribution in [0.2, 0.25) is 0 Å². The van der Waals surface area contributed by atoms with Crippen LogP contribution in [-0.2, 0) is 23.1 Å². The van der Waals surface area contributed by atoms with E-state index in [1.54, 1.807) is 7.11 Å². The molecule has 2 N–H and O–H groups in total. The molecule has 0 aliphatic carbocycles. The molecule has 7 heteroatoms. The number of rotatable bonds is 5. The van der Waals surface area contributed by atoms with Crippen LogP contribution in [0.4, 0.5) is 0 Å². The molecular formula is C15H27ClN4O2. The van der Waals surface area contributed by atoms with Crippen molar-refractivity contribution in [3.8, 4) is 0 Å². The lowest BCUT2D eigenvalue weighted by molar-refractivity contribution is -0.136. The first kappa shape index (κ1) is 18.9. The minimum Gasteiger partial charge on any atom is -0.384 e. The van der Waals surface area contributed by atoms with E-state index >= 15 is 0 Å². The molecule has 1 aromatic rings. The summed E-state index contributed by atoms with van der Waals surface area (Å²) in [5.74, 6) is 0.0912. The molecule has 0 unspecified atom stereocenters. The highest BCUT2D eigenvalue weighted by Gasteiger charge is 2.39. The van der Waals surface area contributed by atoms with Gasteiger partial charge in [-0.2, -0.15) is 5.10 Å². The summed E-state index contributed by atoms with van der Waals surface area (Å²) in [6, 6.07) is 0. The number of nitrogens with one attached hydrogen (secondary N) is 2. The lowest BCUT2D eigenvalue weighted by Gasteiger charge is -2.35. The van der Waals surface area contributed by atoms with Crippen LogP contribution < -0.4 is 10.6 Å². The summed E-state index contributed by atoms with van der Waals surface area (Å²) in [6.45, 7) is 6.74. The molecule has 2 heterocycles. The Morgan fingerprint density at radius 3 is 2.55 bits per heavy atom. The molecule has 0 atom stereocenters. The Morgan fingerprint density at radius 2 is 2.05 bits per heavy atom. The van der Waals surface area contributed by atoms with E-state index in [1.165, 1.54) is 0 Å². The number of ether oxygens (including phenoxy) is 1. The van der Waals surface area contributed by atoms with Gasteiger partial charge in [0.15, 0.2) is 0 Å². The van der Waals surface area contributed by atoms with Gasteiger partial charge in [0, 0.05) is 32.0 Å². The summed E-state index contributed by atoms with van der Waals surface area (Å²) < 4.78 is 7.16. The number of carbonyl (C=O) groups is 1. The fraction of sp³-hybridized carbons (Fsp3) is 0.733. The molecule has 1 aromatic heterocycles. The molecule has 1 aliphatic rings. The third kappa shape index (κ3) is 3.80. The van der Waals surface area contributed by atoms with Gasteiger partial charge < -0.3 is 15.4 Å². The highest BCUT2D eigenvalue weighted by molar-refractivity contribution is 5.85. The Balaban J connectivity index is 0.00000242. The average molecular weight is 331 g/mol. The van der Waals surface area contributed by atoms with Gasteiger partial charge in [-0.15, -0.1) is 12.4 Å². The number of hydrogen-bond acceptors (Lipinski definition) is 4. The van der Waals surface area contributed by atoms with Crippen molar-refractivity contribution in [2.45, 2.75) is 33.2 Å². The van der Waals surface area contributed by atoms with Crippen LogP contribution in [0.5, 0.6) is 0 Å². The summed E-state index contributed by atoms with van der Waals surface area (Å²) in [6.07, 6.45) is 1.63. The molecule has 0 saturated carbocycles. The fourth-order valence-electron chi connectivity index (χ4n) is 3.05. The van der Waals surface area contributed by atoms with Crippen LogP contribution >= 0.6 is 12.4 Å². The summed E-state index contributed by atoms with van der Waals surface area (Å²) in [5, 5.41) is 10.8. The molecule has 0 spiro atoms. The Labute approximate surface area is 138 Å². The topological polar surface area (TPSA) is 68.2 Å². The fourth-order valence-corrected chi connectivity index (χ4v) is 3.05. The van der Waals surface area contributed by atoms with Gasteiger partial charge in [-0.05, 0) is 39.8 Å². The number of hydrogen-bond donors (Lipinski definition) is 2. The predicted octanol–water partition coefficient (Wildman–Crippen LogP) is 1.09. The van der Waals surface area contributed by atoms with Gasteiger partial charge in [0.2, 0.25) is 5.91 Å². The largest absolute Gasteiger partial charge is 0.384 e. The van der Waals surface area contributed by atoms with Gasteiger partial charge in [-0.3, -0.25) is 9.48 Å². The van der Waals surface area contributed by atoms with Crippen LogP contribution in [0, 0.1) is 19.3 Å². The number of methoxy groups -OCH3 is 1. The minimum absolute atomic E-state index is 0. The van der Waals surface area contributed by atoms with E-state index in [1.807, 2.05) is 25.6 Å². The molecule has 1 saturated heterocycles. The third-order valence-corrected chi connectivity index (χ3v) is 4.55. The second-order valence-electron chi connectivity index (χ2n) is 5.92. The van der Waals surface area contributed by atoms with E-state index in [-0.39, 0.29) is 18.3 Å². The Bertz CT molecular complexity index is 504. The van der Waals surface area contributed by atoms with Crippen molar-refractivity contribution >= 4 is 18.3 Å². The number of aryl methyl sites for hydroxylation is 2. The van der Waals surface area contributed by atoms with Crippen molar-refractivity contribution in [3.05, 3.63) is 17.0 Å². The second-order valence-corrected chi connectivity index (χ2v) is 5.92. The number of piperidine rings is 1. The summed E-state index contributed by atoms with van der Waals surface area (Å²) in [5.41, 5.74) is 2.77. The average Bonchev–Trinajstić information content (AvgIpc) is 2.71. The molecule has 22 heavy (non-hydrogen) atoms. The molecule has 2 rings (SSSR count). The lowest BCUT2D eigenvalue weighted by atomic mass is 9.78. The first-order valence-electron chi connectivity index (χ1n) is 7.47. The molecule has 1 fully saturated rings. The Hall–Kier alpha value is -1.11. The van der Waals surface area contributed by atoms with Gasteiger partial charge in [0.05, 0.1) is 17.7 Å². The van der Waals surface area contributed by atoms with Gasteiger partial charge in [-0.25, -0.2) is 0 Å². The van der Waals surface area contributed by atoms with Crippen LogP contribution in [-0.4, -0.2) is 42.5 Å². The van der Waals surface area contributed by atoms with E-state index in [2.05, 4.69) is 15.7 Å². The van der Waals surface area contributed by atoms with Crippen molar-refractivity contribution in [2.75, 3.05) is 26.8 Å². The monoisotopic (exact) mass is 330 g/mol. The van der Waals surface area contributed by atoms with E-state index < -0.39 is 5.41 Å². The van der Waals surface area contributed by atoms with Crippen molar-refractivity contribution in [2.24, 2.45) is 12.5 Å². The molecular weight excluding hydrogens is 304 g/mol. The van der Waals surface area contributed by atoms with Gasteiger partial charge >= 0.3 is 0 Å². The molecule has 0 bridgehead atoms. The van der Waals surface area contributed by atoms with E-state index in [0.717, 1.165) is 42.9 Å². The quantitative estimate of drug-likeness (QED) is 0.848. The van der Waals surface area contributed by atoms with Crippen LogP contribution in [0.15, 0.2) is 0 Å². The number of halogens is 1. The lowest BCUT2D eigenvalue weighted by Crippen LogP contribution is -2.50. The maximum atomic E-state index is 12.7. The van der Waals surface area contributed by atoms with E-state index in [4.69, 9.17) is 4.74 Å². The Morgan fingerprint density at radius 1 is 1.41 bits per heavy atom. The van der Waals surface area contributed by atoms with Crippen molar-refractivity contribution in [1.82, 2.24) is 20.4 Å². The highest BCUT2D eigenvalue weighted by Crippen LogP contribution is 2.29. The third-order valence-electron chi connectivity index (χ3n) is 4.55. The molecule has 0 radical (unpaired) electrons.